The summed E-state index contributed by atoms with van der Waals surface area (Å²) in [4.78, 5) is 25.3. The molecule has 0 radical (unpaired) electrons. The van der Waals surface area contributed by atoms with Crippen LogP contribution in [-0.4, -0.2) is 24.4 Å². The molecule has 150 valence electrons. The summed E-state index contributed by atoms with van der Waals surface area (Å²) in [6, 6.07) is 16.5. The van der Waals surface area contributed by atoms with Crippen LogP contribution >= 0.6 is 0 Å². The summed E-state index contributed by atoms with van der Waals surface area (Å²) in [5.41, 5.74) is 8.36. The maximum Gasteiger partial charge on any atom is 0.251 e. The molecule has 2 aromatic carbocycles. The Morgan fingerprint density at radius 1 is 0.964 bits per heavy atom. The molecule has 28 heavy (non-hydrogen) atoms. The number of rotatable bonds is 9. The van der Waals surface area contributed by atoms with Crippen molar-refractivity contribution >= 4 is 11.8 Å². The van der Waals surface area contributed by atoms with Crippen molar-refractivity contribution in [3.05, 3.63) is 71.3 Å². The molecule has 2 aromatic rings. The normalized spacial score (nSPS) is 13.0. The highest BCUT2D eigenvalue weighted by Crippen LogP contribution is 2.18. The van der Waals surface area contributed by atoms with Crippen molar-refractivity contribution in [1.29, 1.82) is 0 Å². The van der Waals surface area contributed by atoms with Gasteiger partial charge in [-0.25, -0.2) is 0 Å². The molecule has 5 nitrogen and oxygen atoms in total. The highest BCUT2D eigenvalue weighted by atomic mass is 16.2. The average molecular weight is 382 g/mol. The fourth-order valence-corrected chi connectivity index (χ4v) is 3.14. The third kappa shape index (κ3) is 6.82. The van der Waals surface area contributed by atoms with Crippen molar-refractivity contribution in [2.24, 2.45) is 11.7 Å². The molecule has 0 spiro atoms. The zero-order valence-electron chi connectivity index (χ0n) is 16.9. The molecule has 0 fully saturated rings. The van der Waals surface area contributed by atoms with Gasteiger partial charge in [0.15, 0.2) is 0 Å². The summed E-state index contributed by atoms with van der Waals surface area (Å²) in [6.45, 7) is 6.58. The van der Waals surface area contributed by atoms with Gasteiger partial charge in [0.2, 0.25) is 5.91 Å². The highest BCUT2D eigenvalue weighted by Gasteiger charge is 2.21. The van der Waals surface area contributed by atoms with Crippen molar-refractivity contribution in [3.8, 4) is 0 Å². The molecular formula is C23H31N3O2. The standard InChI is InChI=1S/C23H31N3O2/c1-16(2)13-20(15-24)25-22(27)14-21(18-7-5-4-6-8-18)26-23(28)19-11-9-17(3)10-12-19/h4-12,16,20-21H,13-15,24H2,1-3H3,(H,25,27)(H,26,28). The molecule has 0 saturated heterocycles. The Morgan fingerprint density at radius 3 is 2.18 bits per heavy atom. The molecule has 0 aliphatic carbocycles. The van der Waals surface area contributed by atoms with E-state index in [1.807, 2.05) is 49.4 Å². The van der Waals surface area contributed by atoms with Gasteiger partial charge in [-0.05, 0) is 37.0 Å². The number of hydrogen-bond acceptors (Lipinski definition) is 3. The summed E-state index contributed by atoms with van der Waals surface area (Å²) in [5.74, 6) is 0.133. The van der Waals surface area contributed by atoms with E-state index in [2.05, 4.69) is 24.5 Å². The van der Waals surface area contributed by atoms with Gasteiger partial charge in [0.25, 0.3) is 5.91 Å². The van der Waals surface area contributed by atoms with Crippen LogP contribution in [0.5, 0.6) is 0 Å². The third-order valence-electron chi connectivity index (χ3n) is 4.62. The van der Waals surface area contributed by atoms with Crippen LogP contribution in [-0.2, 0) is 4.79 Å². The minimum Gasteiger partial charge on any atom is -0.352 e. The number of benzene rings is 2. The fourth-order valence-electron chi connectivity index (χ4n) is 3.14. The number of nitrogens with one attached hydrogen (secondary N) is 2. The van der Waals surface area contributed by atoms with Gasteiger partial charge in [-0.3, -0.25) is 9.59 Å². The molecule has 0 aliphatic rings. The molecular weight excluding hydrogens is 350 g/mol. The largest absolute Gasteiger partial charge is 0.352 e. The van der Waals surface area contributed by atoms with Gasteiger partial charge < -0.3 is 16.4 Å². The van der Waals surface area contributed by atoms with Crippen LogP contribution in [0.3, 0.4) is 0 Å². The van der Waals surface area contributed by atoms with E-state index in [1.54, 1.807) is 12.1 Å². The Morgan fingerprint density at radius 2 is 1.61 bits per heavy atom. The van der Waals surface area contributed by atoms with Gasteiger partial charge in [0.1, 0.15) is 0 Å². The van der Waals surface area contributed by atoms with Crippen molar-refractivity contribution in [1.82, 2.24) is 10.6 Å². The molecule has 5 heteroatoms. The highest BCUT2D eigenvalue weighted by molar-refractivity contribution is 5.94. The molecule has 4 N–H and O–H groups in total. The summed E-state index contributed by atoms with van der Waals surface area (Å²) in [5, 5.41) is 6.00. The second kappa shape index (κ2) is 10.6. The van der Waals surface area contributed by atoms with E-state index in [1.165, 1.54) is 0 Å². The van der Waals surface area contributed by atoms with E-state index in [0.29, 0.717) is 18.0 Å². The molecule has 2 amide bonds. The smallest absolute Gasteiger partial charge is 0.251 e. The number of hydrogen-bond donors (Lipinski definition) is 3. The maximum absolute atomic E-state index is 12.7. The molecule has 2 atom stereocenters. The number of carbonyl (C=O) groups excluding carboxylic acids is 2. The lowest BCUT2D eigenvalue weighted by Crippen LogP contribution is -2.42. The van der Waals surface area contributed by atoms with E-state index in [0.717, 1.165) is 17.5 Å². The zero-order valence-corrected chi connectivity index (χ0v) is 16.9. The summed E-state index contributed by atoms with van der Waals surface area (Å²) >= 11 is 0. The topological polar surface area (TPSA) is 84.2 Å². The van der Waals surface area contributed by atoms with Crippen LogP contribution in [0.25, 0.3) is 0 Å². The maximum atomic E-state index is 12.7. The van der Waals surface area contributed by atoms with Gasteiger partial charge in [0, 0.05) is 18.2 Å². The summed E-state index contributed by atoms with van der Waals surface area (Å²) in [6.07, 6.45) is 0.990. The molecule has 0 saturated carbocycles. The molecule has 2 unspecified atom stereocenters. The quantitative estimate of drug-likeness (QED) is 0.623. The SMILES string of the molecule is Cc1ccc(C(=O)NC(CC(=O)NC(CN)CC(C)C)c2ccccc2)cc1. The van der Waals surface area contributed by atoms with Crippen molar-refractivity contribution in [2.75, 3.05) is 6.54 Å². The van der Waals surface area contributed by atoms with Gasteiger partial charge in [-0.15, -0.1) is 0 Å². The van der Waals surface area contributed by atoms with E-state index in [4.69, 9.17) is 5.73 Å². The molecule has 0 bridgehead atoms. The Bertz CT molecular complexity index is 757. The van der Waals surface area contributed by atoms with Gasteiger partial charge in [0.05, 0.1) is 12.5 Å². The predicted molar refractivity (Wildman–Crippen MR) is 113 cm³/mol. The first-order valence-corrected chi connectivity index (χ1v) is 9.81. The first-order valence-electron chi connectivity index (χ1n) is 9.81. The first kappa shape index (κ1) is 21.6. The summed E-state index contributed by atoms with van der Waals surface area (Å²) < 4.78 is 0. The van der Waals surface area contributed by atoms with Gasteiger partial charge in [-0.1, -0.05) is 61.9 Å². The van der Waals surface area contributed by atoms with Crippen molar-refractivity contribution in [2.45, 2.75) is 45.7 Å². The minimum absolute atomic E-state index is 0.0586. The Balaban J connectivity index is 2.10. The number of carbonyl (C=O) groups is 2. The first-order chi connectivity index (χ1) is 13.4. The predicted octanol–water partition coefficient (Wildman–Crippen LogP) is 3.35. The lowest BCUT2D eigenvalue weighted by molar-refractivity contribution is -0.122. The van der Waals surface area contributed by atoms with E-state index < -0.39 is 6.04 Å². The van der Waals surface area contributed by atoms with Crippen LogP contribution in [0.15, 0.2) is 54.6 Å². The van der Waals surface area contributed by atoms with Crippen molar-refractivity contribution < 1.29 is 9.59 Å². The molecule has 0 aromatic heterocycles. The fraction of sp³-hybridized carbons (Fsp3) is 0.391. The molecule has 0 heterocycles. The van der Waals surface area contributed by atoms with E-state index >= 15 is 0 Å². The van der Waals surface area contributed by atoms with Gasteiger partial charge in [-0.2, -0.15) is 0 Å². The molecule has 2 rings (SSSR count). The monoisotopic (exact) mass is 381 g/mol. The Kier molecular flexibility index (Phi) is 8.20. The van der Waals surface area contributed by atoms with Crippen LogP contribution in [0.1, 0.15) is 54.2 Å². The minimum atomic E-state index is -0.410. The van der Waals surface area contributed by atoms with Crippen LogP contribution in [0.2, 0.25) is 0 Å². The Hall–Kier alpha value is -2.66. The average Bonchev–Trinajstić information content (AvgIpc) is 2.67. The Labute approximate surface area is 167 Å². The summed E-state index contributed by atoms with van der Waals surface area (Å²) in [7, 11) is 0. The van der Waals surface area contributed by atoms with Crippen molar-refractivity contribution in [3.63, 3.8) is 0 Å². The second-order valence-electron chi connectivity index (χ2n) is 7.64. The number of amides is 2. The third-order valence-corrected chi connectivity index (χ3v) is 4.62. The van der Waals surface area contributed by atoms with E-state index in [9.17, 15) is 9.59 Å². The van der Waals surface area contributed by atoms with E-state index in [-0.39, 0.29) is 24.3 Å². The second-order valence-corrected chi connectivity index (χ2v) is 7.64. The van der Waals surface area contributed by atoms with Crippen LogP contribution in [0, 0.1) is 12.8 Å². The van der Waals surface area contributed by atoms with Crippen LogP contribution in [0.4, 0.5) is 0 Å². The number of aryl methyl sites for hydroxylation is 1. The zero-order chi connectivity index (χ0) is 20.5. The number of nitrogens with two attached hydrogens (primary N) is 1. The van der Waals surface area contributed by atoms with Gasteiger partial charge >= 0.3 is 0 Å². The lowest BCUT2D eigenvalue weighted by atomic mass is 10.0. The van der Waals surface area contributed by atoms with Crippen LogP contribution < -0.4 is 16.4 Å². The molecule has 0 aliphatic heterocycles. The lowest BCUT2D eigenvalue weighted by Gasteiger charge is -2.22.